The number of carbonyl (C=O) groups is 1. The van der Waals surface area contributed by atoms with Gasteiger partial charge in [-0.15, -0.1) is 11.3 Å². The van der Waals surface area contributed by atoms with Gasteiger partial charge in [0.05, 0.1) is 5.75 Å². The summed E-state index contributed by atoms with van der Waals surface area (Å²) >= 11 is 3.34. The van der Waals surface area contributed by atoms with E-state index < -0.39 is 0 Å². The molecule has 0 bridgehead atoms. The third kappa shape index (κ3) is 4.30. The molecule has 6 nitrogen and oxygen atoms in total. The van der Waals surface area contributed by atoms with Crippen LogP contribution in [0.1, 0.15) is 54.9 Å². The van der Waals surface area contributed by atoms with Gasteiger partial charge in [-0.25, -0.2) is 9.97 Å². The minimum Gasteiger partial charge on any atom is -0.454 e. The van der Waals surface area contributed by atoms with E-state index >= 15 is 0 Å². The Labute approximate surface area is 196 Å². The maximum atomic E-state index is 12.6. The van der Waals surface area contributed by atoms with E-state index in [0.29, 0.717) is 18.2 Å². The van der Waals surface area contributed by atoms with Crippen molar-refractivity contribution in [3.8, 4) is 11.5 Å². The largest absolute Gasteiger partial charge is 0.454 e. The van der Waals surface area contributed by atoms with Crippen LogP contribution in [0.5, 0.6) is 11.5 Å². The molecule has 2 aromatic heterocycles. The molecule has 0 saturated heterocycles. The molecular formula is C24H27N3O3S2. The summed E-state index contributed by atoms with van der Waals surface area (Å²) in [4.78, 5) is 24.9. The number of rotatable bonds is 6. The Hall–Kier alpha value is -2.32. The number of thiophene rings is 1. The van der Waals surface area contributed by atoms with Gasteiger partial charge in [-0.3, -0.25) is 4.79 Å². The van der Waals surface area contributed by atoms with Crippen LogP contribution in [0.3, 0.4) is 0 Å². The summed E-state index contributed by atoms with van der Waals surface area (Å²) in [6.07, 6.45) is 3.39. The maximum absolute atomic E-state index is 12.6. The first-order chi connectivity index (χ1) is 15.5. The lowest BCUT2D eigenvalue weighted by molar-refractivity contribution is -0.118. The SMILES string of the molecule is CC1CCc2c(sc3nc(C(C)C)nc(SCC(=O)NCc4ccc5c(c4)OCO5)c23)C1. The smallest absolute Gasteiger partial charge is 0.231 e. The topological polar surface area (TPSA) is 73.3 Å². The normalized spacial score (nSPS) is 17.1. The van der Waals surface area contributed by atoms with E-state index in [4.69, 9.17) is 19.4 Å². The molecule has 168 valence electrons. The molecule has 1 aliphatic carbocycles. The number of fused-ring (bicyclic) bond motifs is 4. The van der Waals surface area contributed by atoms with E-state index in [1.54, 1.807) is 0 Å². The number of benzene rings is 1. The summed E-state index contributed by atoms with van der Waals surface area (Å²) in [5.41, 5.74) is 2.39. The lowest BCUT2D eigenvalue weighted by Crippen LogP contribution is -2.24. The van der Waals surface area contributed by atoms with Gasteiger partial charge in [0.2, 0.25) is 12.7 Å². The van der Waals surface area contributed by atoms with Gasteiger partial charge >= 0.3 is 0 Å². The number of aromatic nitrogens is 2. The van der Waals surface area contributed by atoms with Crippen LogP contribution in [0.2, 0.25) is 0 Å². The first-order valence-corrected chi connectivity index (χ1v) is 12.9. The summed E-state index contributed by atoms with van der Waals surface area (Å²) < 4.78 is 10.8. The standard InChI is InChI=1S/C24H27N3O3S2/c1-13(2)22-26-23(21-16-6-4-14(3)8-19(16)32-24(21)27-22)31-11-20(28)25-10-15-5-7-17-18(9-15)30-12-29-17/h5,7,9,13-14H,4,6,8,10-12H2,1-3H3,(H,25,28). The number of nitrogens with one attached hydrogen (secondary N) is 1. The number of nitrogens with zero attached hydrogens (tertiary/aromatic N) is 2. The van der Waals surface area contributed by atoms with Gasteiger partial charge in [-0.2, -0.15) is 0 Å². The lowest BCUT2D eigenvalue weighted by atomic mass is 9.89. The van der Waals surface area contributed by atoms with E-state index in [9.17, 15) is 4.79 Å². The lowest BCUT2D eigenvalue weighted by Gasteiger charge is -2.18. The summed E-state index contributed by atoms with van der Waals surface area (Å²) in [7, 11) is 0. The van der Waals surface area contributed by atoms with Gasteiger partial charge in [0, 0.05) is 22.7 Å². The first-order valence-electron chi connectivity index (χ1n) is 11.1. The van der Waals surface area contributed by atoms with Crippen molar-refractivity contribution in [2.45, 2.75) is 57.5 Å². The molecule has 5 rings (SSSR count). The minimum atomic E-state index is -0.0109. The monoisotopic (exact) mass is 469 g/mol. The van der Waals surface area contributed by atoms with Crippen LogP contribution in [0.25, 0.3) is 10.2 Å². The van der Waals surface area contributed by atoms with Crippen molar-refractivity contribution in [1.82, 2.24) is 15.3 Å². The Morgan fingerprint density at radius 3 is 2.97 bits per heavy atom. The number of hydrogen-bond donors (Lipinski definition) is 1. The second-order valence-corrected chi connectivity index (χ2v) is 10.9. The number of amides is 1. The van der Waals surface area contributed by atoms with Crippen LogP contribution >= 0.6 is 23.1 Å². The molecule has 1 N–H and O–H groups in total. The predicted octanol–water partition coefficient (Wildman–Crippen LogP) is 5.08. The summed E-state index contributed by atoms with van der Waals surface area (Å²) in [6.45, 7) is 7.25. The Balaban J connectivity index is 1.31. The zero-order valence-electron chi connectivity index (χ0n) is 18.6. The van der Waals surface area contributed by atoms with Gasteiger partial charge in [0.25, 0.3) is 0 Å². The molecular weight excluding hydrogens is 442 g/mol. The molecule has 1 atom stereocenters. The van der Waals surface area contributed by atoms with E-state index in [-0.39, 0.29) is 18.6 Å². The molecule has 1 unspecified atom stereocenters. The van der Waals surface area contributed by atoms with Crippen LogP contribution in [-0.4, -0.2) is 28.4 Å². The number of ether oxygens (including phenoxy) is 2. The van der Waals surface area contributed by atoms with Crippen molar-refractivity contribution in [2.75, 3.05) is 12.5 Å². The number of hydrogen-bond acceptors (Lipinski definition) is 7. The molecule has 32 heavy (non-hydrogen) atoms. The van der Waals surface area contributed by atoms with E-state index in [0.717, 1.165) is 45.6 Å². The van der Waals surface area contributed by atoms with Crippen LogP contribution < -0.4 is 14.8 Å². The highest BCUT2D eigenvalue weighted by atomic mass is 32.2. The van der Waals surface area contributed by atoms with Crippen LogP contribution in [0.4, 0.5) is 0 Å². The van der Waals surface area contributed by atoms with Crippen LogP contribution in [0, 0.1) is 5.92 Å². The summed E-state index contributed by atoms with van der Waals surface area (Å²) in [6, 6.07) is 5.74. The van der Waals surface area contributed by atoms with Gasteiger partial charge in [-0.1, -0.05) is 38.6 Å². The van der Waals surface area contributed by atoms with Crippen LogP contribution in [-0.2, 0) is 24.2 Å². The quantitative estimate of drug-likeness (QED) is 0.401. The van der Waals surface area contributed by atoms with Crippen molar-refractivity contribution >= 4 is 39.2 Å². The van der Waals surface area contributed by atoms with Crippen molar-refractivity contribution in [3.63, 3.8) is 0 Å². The Kier molecular flexibility index (Phi) is 5.99. The Bertz CT molecular complexity index is 1170. The number of aryl methyl sites for hydroxylation is 1. The van der Waals surface area contributed by atoms with Crippen molar-refractivity contribution < 1.29 is 14.3 Å². The molecule has 8 heteroatoms. The van der Waals surface area contributed by atoms with E-state index in [2.05, 4.69) is 26.1 Å². The van der Waals surface area contributed by atoms with Gasteiger partial charge in [0.15, 0.2) is 11.5 Å². The highest BCUT2D eigenvalue weighted by Crippen LogP contribution is 2.41. The van der Waals surface area contributed by atoms with Gasteiger partial charge in [-0.05, 0) is 48.4 Å². The number of thioether (sulfide) groups is 1. The molecule has 0 radical (unpaired) electrons. The molecule has 3 heterocycles. The fourth-order valence-corrected chi connectivity index (χ4v) is 6.47. The third-order valence-electron chi connectivity index (χ3n) is 5.92. The zero-order chi connectivity index (χ0) is 22.2. The highest BCUT2D eigenvalue weighted by Gasteiger charge is 2.25. The molecule has 0 fully saturated rings. The molecule has 1 aromatic carbocycles. The molecule has 1 amide bonds. The second-order valence-electron chi connectivity index (χ2n) is 8.83. The van der Waals surface area contributed by atoms with Gasteiger partial charge in [0.1, 0.15) is 15.7 Å². The Morgan fingerprint density at radius 2 is 2.12 bits per heavy atom. The average molecular weight is 470 g/mol. The zero-order valence-corrected chi connectivity index (χ0v) is 20.2. The predicted molar refractivity (Wildman–Crippen MR) is 128 cm³/mol. The van der Waals surface area contributed by atoms with Crippen molar-refractivity contribution in [3.05, 3.63) is 40.0 Å². The van der Waals surface area contributed by atoms with Crippen molar-refractivity contribution in [1.29, 1.82) is 0 Å². The molecule has 0 spiro atoms. The Morgan fingerprint density at radius 1 is 1.28 bits per heavy atom. The third-order valence-corrected chi connectivity index (χ3v) is 8.05. The second kappa shape index (κ2) is 8.90. The number of carbonyl (C=O) groups excluding carboxylic acids is 1. The van der Waals surface area contributed by atoms with Crippen LogP contribution in [0.15, 0.2) is 23.2 Å². The van der Waals surface area contributed by atoms with Gasteiger partial charge < -0.3 is 14.8 Å². The molecule has 0 saturated carbocycles. The first kappa shape index (κ1) is 21.5. The maximum Gasteiger partial charge on any atom is 0.231 e. The highest BCUT2D eigenvalue weighted by molar-refractivity contribution is 8.00. The van der Waals surface area contributed by atoms with E-state index in [1.165, 1.54) is 34.0 Å². The summed E-state index contributed by atoms with van der Waals surface area (Å²) in [5, 5.41) is 5.13. The van der Waals surface area contributed by atoms with E-state index in [1.807, 2.05) is 29.5 Å². The minimum absolute atomic E-state index is 0.0109. The molecule has 3 aromatic rings. The van der Waals surface area contributed by atoms with Crippen molar-refractivity contribution in [2.24, 2.45) is 5.92 Å². The fourth-order valence-electron chi connectivity index (χ4n) is 4.12. The molecule has 1 aliphatic heterocycles. The summed E-state index contributed by atoms with van der Waals surface area (Å²) in [5.74, 6) is 3.61. The molecule has 2 aliphatic rings. The average Bonchev–Trinajstić information content (AvgIpc) is 3.39. The fraction of sp³-hybridized carbons (Fsp3) is 0.458.